The maximum Gasteiger partial charge on any atom is 0.335 e. The number of halogens is 1. The average Bonchev–Trinajstić information content (AvgIpc) is 2.17. The summed E-state index contributed by atoms with van der Waals surface area (Å²) < 4.78 is 0.840. The van der Waals surface area contributed by atoms with Crippen LogP contribution in [0.15, 0.2) is 16.6 Å². The van der Waals surface area contributed by atoms with Gasteiger partial charge in [-0.25, -0.2) is 4.79 Å². The van der Waals surface area contributed by atoms with Gasteiger partial charge in [-0.15, -0.1) is 0 Å². The van der Waals surface area contributed by atoms with Gasteiger partial charge in [-0.3, -0.25) is 0 Å². The third-order valence-corrected chi connectivity index (χ3v) is 2.97. The molecular formula is C10H10BrNO2. The third-order valence-electron chi connectivity index (χ3n) is 2.34. The molecular weight excluding hydrogens is 246 g/mol. The van der Waals surface area contributed by atoms with Crippen LogP contribution in [-0.4, -0.2) is 17.6 Å². The van der Waals surface area contributed by atoms with Crippen LogP contribution in [0.3, 0.4) is 0 Å². The Kier molecular flexibility index (Phi) is 2.46. The van der Waals surface area contributed by atoms with E-state index in [1.54, 1.807) is 12.1 Å². The Bertz CT molecular complexity index is 390. The van der Waals surface area contributed by atoms with Crippen LogP contribution >= 0.6 is 15.9 Å². The fourth-order valence-electron chi connectivity index (χ4n) is 1.67. The molecule has 0 spiro atoms. The first-order chi connectivity index (χ1) is 6.68. The second-order valence-corrected chi connectivity index (χ2v) is 4.18. The van der Waals surface area contributed by atoms with E-state index in [1.165, 1.54) is 0 Å². The zero-order valence-electron chi connectivity index (χ0n) is 7.51. The van der Waals surface area contributed by atoms with Gasteiger partial charge in [-0.2, -0.15) is 0 Å². The quantitative estimate of drug-likeness (QED) is 0.811. The highest BCUT2D eigenvalue weighted by Crippen LogP contribution is 2.31. The van der Waals surface area contributed by atoms with Crippen molar-refractivity contribution in [3.63, 3.8) is 0 Å². The minimum atomic E-state index is -0.876. The number of aromatic carboxylic acids is 1. The fourth-order valence-corrected chi connectivity index (χ4v) is 2.32. The SMILES string of the molecule is O=C(O)c1cc(Br)c2c(c1)CCCN2. The molecule has 0 fully saturated rings. The van der Waals surface area contributed by atoms with Crippen molar-refractivity contribution in [2.75, 3.05) is 11.9 Å². The standard InChI is InChI=1S/C10H10BrNO2/c11-8-5-7(10(13)14)4-6-2-1-3-12-9(6)8/h4-5,12H,1-3H2,(H,13,14). The van der Waals surface area contributed by atoms with Gasteiger partial charge in [0, 0.05) is 11.0 Å². The summed E-state index contributed by atoms with van der Waals surface area (Å²) in [5.41, 5.74) is 2.48. The fraction of sp³-hybridized carbons (Fsp3) is 0.300. The number of hydrogen-bond acceptors (Lipinski definition) is 2. The molecule has 4 heteroatoms. The largest absolute Gasteiger partial charge is 0.478 e. The van der Waals surface area contributed by atoms with Crippen molar-refractivity contribution in [2.24, 2.45) is 0 Å². The van der Waals surface area contributed by atoms with Gasteiger partial charge in [-0.05, 0) is 46.5 Å². The molecule has 0 bridgehead atoms. The van der Waals surface area contributed by atoms with E-state index in [9.17, 15) is 4.79 Å². The molecule has 0 saturated heterocycles. The van der Waals surface area contributed by atoms with E-state index >= 15 is 0 Å². The number of rotatable bonds is 1. The van der Waals surface area contributed by atoms with E-state index < -0.39 is 5.97 Å². The van der Waals surface area contributed by atoms with E-state index in [-0.39, 0.29) is 0 Å². The van der Waals surface area contributed by atoms with Crippen LogP contribution in [0.25, 0.3) is 0 Å². The van der Waals surface area contributed by atoms with Gasteiger partial charge in [0.2, 0.25) is 0 Å². The van der Waals surface area contributed by atoms with Crippen LogP contribution in [-0.2, 0) is 6.42 Å². The van der Waals surface area contributed by atoms with Crippen molar-refractivity contribution in [1.82, 2.24) is 0 Å². The number of anilines is 1. The lowest BCUT2D eigenvalue weighted by Crippen LogP contribution is -2.13. The summed E-state index contributed by atoms with van der Waals surface area (Å²) in [4.78, 5) is 10.8. The zero-order valence-corrected chi connectivity index (χ0v) is 9.10. The highest BCUT2D eigenvalue weighted by atomic mass is 79.9. The molecule has 0 atom stereocenters. The summed E-state index contributed by atoms with van der Waals surface area (Å²) in [7, 11) is 0. The molecule has 1 heterocycles. The predicted octanol–water partition coefficient (Wildman–Crippen LogP) is 2.51. The van der Waals surface area contributed by atoms with E-state index in [0.29, 0.717) is 5.56 Å². The average molecular weight is 256 g/mol. The molecule has 14 heavy (non-hydrogen) atoms. The smallest absolute Gasteiger partial charge is 0.335 e. The van der Waals surface area contributed by atoms with Crippen molar-refractivity contribution < 1.29 is 9.90 Å². The van der Waals surface area contributed by atoms with Crippen molar-refractivity contribution in [1.29, 1.82) is 0 Å². The zero-order chi connectivity index (χ0) is 10.1. The van der Waals surface area contributed by atoms with Gasteiger partial charge in [0.05, 0.1) is 11.3 Å². The molecule has 74 valence electrons. The van der Waals surface area contributed by atoms with Crippen molar-refractivity contribution >= 4 is 27.6 Å². The summed E-state index contributed by atoms with van der Waals surface area (Å²) in [6, 6.07) is 3.38. The van der Waals surface area contributed by atoms with E-state index in [4.69, 9.17) is 5.11 Å². The Labute approximate surface area is 90.3 Å². The van der Waals surface area contributed by atoms with Gasteiger partial charge in [0.25, 0.3) is 0 Å². The molecule has 0 amide bonds. The molecule has 0 saturated carbocycles. The number of fused-ring (bicyclic) bond motifs is 1. The van der Waals surface area contributed by atoms with Crippen LogP contribution in [0.1, 0.15) is 22.3 Å². The van der Waals surface area contributed by atoms with Gasteiger partial charge in [0.1, 0.15) is 0 Å². The van der Waals surface area contributed by atoms with Crippen LogP contribution in [0.5, 0.6) is 0 Å². The Balaban J connectivity index is 2.51. The lowest BCUT2D eigenvalue weighted by Gasteiger charge is -2.19. The number of nitrogens with one attached hydrogen (secondary N) is 1. The molecule has 2 N–H and O–H groups in total. The molecule has 0 unspecified atom stereocenters. The minimum absolute atomic E-state index is 0.347. The maximum atomic E-state index is 10.8. The lowest BCUT2D eigenvalue weighted by atomic mass is 10.0. The molecule has 0 aliphatic carbocycles. The number of carbonyl (C=O) groups is 1. The Hall–Kier alpha value is -1.03. The molecule has 1 aromatic carbocycles. The summed E-state index contributed by atoms with van der Waals surface area (Å²) in [5, 5.41) is 12.1. The number of hydrogen-bond donors (Lipinski definition) is 2. The van der Waals surface area contributed by atoms with E-state index in [2.05, 4.69) is 21.2 Å². The van der Waals surface area contributed by atoms with Crippen LogP contribution in [0.4, 0.5) is 5.69 Å². The first kappa shape index (κ1) is 9.52. The predicted molar refractivity (Wildman–Crippen MR) is 57.9 cm³/mol. The van der Waals surface area contributed by atoms with Gasteiger partial charge in [0.15, 0.2) is 0 Å². The van der Waals surface area contributed by atoms with Crippen LogP contribution in [0.2, 0.25) is 0 Å². The monoisotopic (exact) mass is 255 g/mol. The number of carboxylic acids is 1. The van der Waals surface area contributed by atoms with E-state index in [0.717, 1.165) is 35.1 Å². The highest BCUT2D eigenvalue weighted by Gasteiger charge is 2.15. The van der Waals surface area contributed by atoms with Gasteiger partial charge in [-0.1, -0.05) is 0 Å². The molecule has 2 rings (SSSR count). The molecule has 0 radical (unpaired) electrons. The van der Waals surface area contributed by atoms with E-state index in [1.807, 2.05) is 0 Å². The summed E-state index contributed by atoms with van der Waals surface area (Å²) in [6.45, 7) is 0.956. The highest BCUT2D eigenvalue weighted by molar-refractivity contribution is 9.10. The Morgan fingerprint density at radius 1 is 1.50 bits per heavy atom. The van der Waals surface area contributed by atoms with Gasteiger partial charge >= 0.3 is 5.97 Å². The molecule has 0 aromatic heterocycles. The van der Waals surface area contributed by atoms with Crippen molar-refractivity contribution in [2.45, 2.75) is 12.8 Å². The first-order valence-corrected chi connectivity index (χ1v) is 5.27. The molecule has 1 aliphatic rings. The molecule has 3 nitrogen and oxygen atoms in total. The summed E-state index contributed by atoms with van der Waals surface area (Å²) >= 11 is 3.38. The molecule has 1 aliphatic heterocycles. The normalized spacial score (nSPS) is 14.4. The second kappa shape index (κ2) is 3.61. The van der Waals surface area contributed by atoms with Gasteiger partial charge < -0.3 is 10.4 Å². The number of carboxylic acid groups (broad SMARTS) is 1. The Morgan fingerprint density at radius 2 is 2.29 bits per heavy atom. The topological polar surface area (TPSA) is 49.3 Å². The summed E-state index contributed by atoms with van der Waals surface area (Å²) in [6.07, 6.45) is 2.00. The summed E-state index contributed by atoms with van der Waals surface area (Å²) in [5.74, 6) is -0.876. The number of aryl methyl sites for hydroxylation is 1. The van der Waals surface area contributed by atoms with Crippen LogP contribution in [0, 0.1) is 0 Å². The van der Waals surface area contributed by atoms with Crippen LogP contribution < -0.4 is 5.32 Å². The van der Waals surface area contributed by atoms with Crippen molar-refractivity contribution in [3.8, 4) is 0 Å². The molecule has 1 aromatic rings. The maximum absolute atomic E-state index is 10.8. The first-order valence-electron chi connectivity index (χ1n) is 4.48. The lowest BCUT2D eigenvalue weighted by molar-refractivity contribution is 0.0696. The third kappa shape index (κ3) is 1.62. The Morgan fingerprint density at radius 3 is 3.00 bits per heavy atom. The minimum Gasteiger partial charge on any atom is -0.478 e. The number of benzene rings is 1. The van der Waals surface area contributed by atoms with Crippen molar-refractivity contribution in [3.05, 3.63) is 27.7 Å². The second-order valence-electron chi connectivity index (χ2n) is 3.33.